The van der Waals surface area contributed by atoms with Gasteiger partial charge in [-0.25, -0.2) is 4.98 Å². The number of carbonyl (C=O) groups excluding carboxylic acids is 1. The summed E-state index contributed by atoms with van der Waals surface area (Å²) >= 11 is 1.52. The fourth-order valence-electron chi connectivity index (χ4n) is 1.02. The molecule has 0 fully saturated rings. The van der Waals surface area contributed by atoms with E-state index in [0.717, 1.165) is 9.88 Å². The van der Waals surface area contributed by atoms with Crippen molar-refractivity contribution in [2.45, 2.75) is 40.0 Å². The van der Waals surface area contributed by atoms with E-state index in [1.807, 2.05) is 13.8 Å². The number of thiazole rings is 1. The number of hydrogen-bond acceptors (Lipinski definition) is 3. The molecule has 0 amide bonds. The SMILES string of the molecule is CC(C)C(=O)c1cnc(C(C)(C)C)s1. The molecule has 78 valence electrons. The van der Waals surface area contributed by atoms with Gasteiger partial charge >= 0.3 is 0 Å². The van der Waals surface area contributed by atoms with Crippen LogP contribution in [-0.4, -0.2) is 10.8 Å². The average Bonchev–Trinajstić information content (AvgIpc) is 2.49. The molecule has 2 nitrogen and oxygen atoms in total. The Morgan fingerprint density at radius 3 is 2.36 bits per heavy atom. The highest BCUT2D eigenvalue weighted by atomic mass is 32.1. The molecule has 0 bridgehead atoms. The van der Waals surface area contributed by atoms with Crippen molar-refractivity contribution >= 4 is 17.1 Å². The maximum absolute atomic E-state index is 11.7. The fraction of sp³-hybridized carbons (Fsp3) is 0.636. The maximum Gasteiger partial charge on any atom is 0.176 e. The topological polar surface area (TPSA) is 30.0 Å². The number of nitrogens with zero attached hydrogens (tertiary/aromatic N) is 1. The van der Waals surface area contributed by atoms with E-state index in [4.69, 9.17) is 0 Å². The normalized spacial score (nSPS) is 12.1. The summed E-state index contributed by atoms with van der Waals surface area (Å²) in [6, 6.07) is 0. The number of rotatable bonds is 2. The molecule has 14 heavy (non-hydrogen) atoms. The standard InChI is InChI=1S/C11H17NOS/c1-7(2)9(13)8-6-12-10(14-8)11(3,4)5/h6-7H,1-5H3. The van der Waals surface area contributed by atoms with E-state index in [9.17, 15) is 4.79 Å². The lowest BCUT2D eigenvalue weighted by Gasteiger charge is -2.13. The third-order valence-corrected chi connectivity index (χ3v) is 3.35. The molecular formula is C11H17NOS. The number of carbonyl (C=O) groups is 1. The van der Waals surface area contributed by atoms with Gasteiger partial charge in [-0.2, -0.15) is 0 Å². The second-order valence-electron chi connectivity index (χ2n) is 4.80. The average molecular weight is 211 g/mol. The zero-order valence-corrected chi connectivity index (χ0v) is 10.2. The fourth-order valence-corrected chi connectivity index (χ4v) is 2.08. The van der Waals surface area contributed by atoms with Crippen molar-refractivity contribution in [3.63, 3.8) is 0 Å². The Hall–Kier alpha value is -0.700. The second-order valence-corrected chi connectivity index (χ2v) is 5.83. The number of hydrogen-bond donors (Lipinski definition) is 0. The van der Waals surface area contributed by atoms with E-state index >= 15 is 0 Å². The van der Waals surface area contributed by atoms with Gasteiger partial charge in [0.05, 0.1) is 9.88 Å². The van der Waals surface area contributed by atoms with Gasteiger partial charge in [0.15, 0.2) is 5.78 Å². The Labute approximate surface area is 89.4 Å². The minimum atomic E-state index is 0.0418. The van der Waals surface area contributed by atoms with Crippen LogP contribution in [0.1, 0.15) is 49.3 Å². The van der Waals surface area contributed by atoms with Crippen LogP contribution in [0.2, 0.25) is 0 Å². The minimum Gasteiger partial charge on any atom is -0.293 e. The van der Waals surface area contributed by atoms with Gasteiger partial charge in [-0.05, 0) is 0 Å². The number of Topliss-reactive ketones (excluding diaryl/α,β-unsaturated/α-hetero) is 1. The molecule has 0 aliphatic rings. The molecule has 0 atom stereocenters. The highest BCUT2D eigenvalue weighted by molar-refractivity contribution is 7.13. The van der Waals surface area contributed by atoms with E-state index in [0.29, 0.717) is 0 Å². The van der Waals surface area contributed by atoms with Crippen molar-refractivity contribution in [3.8, 4) is 0 Å². The summed E-state index contributed by atoms with van der Waals surface area (Å²) in [6.45, 7) is 10.2. The molecule has 0 saturated heterocycles. The minimum absolute atomic E-state index is 0.0418. The van der Waals surface area contributed by atoms with Crippen molar-refractivity contribution in [2.75, 3.05) is 0 Å². The molecule has 1 rings (SSSR count). The van der Waals surface area contributed by atoms with Crippen molar-refractivity contribution < 1.29 is 4.79 Å². The quantitative estimate of drug-likeness (QED) is 0.703. The Morgan fingerprint density at radius 1 is 1.43 bits per heavy atom. The lowest BCUT2D eigenvalue weighted by molar-refractivity contribution is 0.0943. The molecule has 0 aliphatic carbocycles. The van der Waals surface area contributed by atoms with E-state index in [2.05, 4.69) is 25.8 Å². The molecule has 3 heteroatoms. The van der Waals surface area contributed by atoms with Crippen LogP contribution in [0.3, 0.4) is 0 Å². The lowest BCUT2D eigenvalue weighted by Crippen LogP contribution is -2.09. The van der Waals surface area contributed by atoms with Crippen molar-refractivity contribution in [2.24, 2.45) is 5.92 Å². The first-order valence-corrected chi connectivity index (χ1v) is 5.64. The van der Waals surface area contributed by atoms with Gasteiger partial charge < -0.3 is 0 Å². The van der Waals surface area contributed by atoms with Gasteiger partial charge in [-0.15, -0.1) is 11.3 Å². The molecule has 0 spiro atoms. The van der Waals surface area contributed by atoms with Gasteiger partial charge in [-0.3, -0.25) is 4.79 Å². The third-order valence-electron chi connectivity index (χ3n) is 1.91. The van der Waals surface area contributed by atoms with Crippen LogP contribution in [0.25, 0.3) is 0 Å². The van der Waals surface area contributed by atoms with Crippen LogP contribution in [0, 0.1) is 5.92 Å². The van der Waals surface area contributed by atoms with Crippen LogP contribution in [0.5, 0.6) is 0 Å². The first-order valence-electron chi connectivity index (χ1n) is 4.83. The van der Waals surface area contributed by atoms with E-state index in [1.54, 1.807) is 6.20 Å². The molecule has 1 aromatic rings. The summed E-state index contributed by atoms with van der Waals surface area (Å²) in [4.78, 5) is 16.7. The van der Waals surface area contributed by atoms with Crippen LogP contribution >= 0.6 is 11.3 Å². The van der Waals surface area contributed by atoms with Gasteiger partial charge in [0.25, 0.3) is 0 Å². The van der Waals surface area contributed by atoms with Crippen molar-refractivity contribution in [3.05, 3.63) is 16.1 Å². The predicted octanol–water partition coefficient (Wildman–Crippen LogP) is 3.28. The highest BCUT2D eigenvalue weighted by Crippen LogP contribution is 2.27. The Morgan fingerprint density at radius 2 is 2.00 bits per heavy atom. The van der Waals surface area contributed by atoms with Crippen LogP contribution in [0.4, 0.5) is 0 Å². The summed E-state index contributed by atoms with van der Waals surface area (Å²) in [5.74, 6) is 0.251. The first-order chi connectivity index (χ1) is 6.32. The Kier molecular flexibility index (Phi) is 3.10. The molecule has 0 aliphatic heterocycles. The predicted molar refractivity (Wildman–Crippen MR) is 60.0 cm³/mol. The zero-order chi connectivity index (χ0) is 10.9. The van der Waals surface area contributed by atoms with E-state index < -0.39 is 0 Å². The van der Waals surface area contributed by atoms with Crippen LogP contribution < -0.4 is 0 Å². The summed E-state index contributed by atoms with van der Waals surface area (Å²) in [7, 11) is 0. The van der Waals surface area contributed by atoms with Crippen molar-refractivity contribution in [1.29, 1.82) is 0 Å². The molecule has 0 unspecified atom stereocenters. The first kappa shape index (κ1) is 11.4. The second kappa shape index (κ2) is 3.81. The maximum atomic E-state index is 11.7. The van der Waals surface area contributed by atoms with E-state index in [-0.39, 0.29) is 17.1 Å². The Balaban J connectivity index is 2.95. The summed E-state index contributed by atoms with van der Waals surface area (Å²) in [5.41, 5.74) is 0.0418. The van der Waals surface area contributed by atoms with Gasteiger partial charge in [0.1, 0.15) is 0 Å². The summed E-state index contributed by atoms with van der Waals surface area (Å²) in [5, 5.41) is 1.03. The zero-order valence-electron chi connectivity index (χ0n) is 9.42. The monoisotopic (exact) mass is 211 g/mol. The molecule has 0 radical (unpaired) electrons. The van der Waals surface area contributed by atoms with E-state index in [1.165, 1.54) is 11.3 Å². The molecule has 1 heterocycles. The molecular weight excluding hydrogens is 194 g/mol. The molecule has 0 aromatic carbocycles. The molecule has 1 aromatic heterocycles. The Bertz CT molecular complexity index is 333. The van der Waals surface area contributed by atoms with Gasteiger partial charge in [0.2, 0.25) is 0 Å². The van der Waals surface area contributed by atoms with Gasteiger partial charge in [0, 0.05) is 17.5 Å². The summed E-state index contributed by atoms with van der Waals surface area (Å²) < 4.78 is 0. The summed E-state index contributed by atoms with van der Waals surface area (Å²) in [6.07, 6.45) is 1.70. The third kappa shape index (κ3) is 2.41. The van der Waals surface area contributed by atoms with Gasteiger partial charge in [-0.1, -0.05) is 34.6 Å². The molecule has 0 saturated carbocycles. The van der Waals surface area contributed by atoms with Crippen LogP contribution in [-0.2, 0) is 5.41 Å². The van der Waals surface area contributed by atoms with Crippen molar-refractivity contribution in [1.82, 2.24) is 4.98 Å². The number of aromatic nitrogens is 1. The molecule has 0 N–H and O–H groups in total. The highest BCUT2D eigenvalue weighted by Gasteiger charge is 2.21. The largest absolute Gasteiger partial charge is 0.293 e. The lowest BCUT2D eigenvalue weighted by atomic mass is 9.98. The van der Waals surface area contributed by atoms with Crippen LogP contribution in [0.15, 0.2) is 6.20 Å². The smallest absolute Gasteiger partial charge is 0.176 e. The number of ketones is 1.